The van der Waals surface area contributed by atoms with E-state index in [9.17, 15) is 0 Å². The van der Waals surface area contributed by atoms with E-state index >= 15 is 0 Å². The molecule has 0 nitrogen and oxygen atoms in total. The van der Waals surface area contributed by atoms with Crippen LogP contribution in [0.4, 0.5) is 0 Å². The Kier molecular flexibility index (Phi) is 8.84. The number of rotatable bonds is 0. The van der Waals surface area contributed by atoms with Crippen LogP contribution >= 0.6 is 0 Å². The van der Waals surface area contributed by atoms with Gasteiger partial charge in [0.1, 0.15) is 0 Å². The largest absolute Gasteiger partial charge is 0.0533 e. The Hall–Kier alpha value is 0. The minimum Gasteiger partial charge on any atom is -0.0533 e. The Bertz CT molecular complexity index is 628. The fraction of sp³-hybridized carbons (Fsp3) is 1.00. The van der Waals surface area contributed by atoms with Crippen molar-refractivity contribution in [3.63, 3.8) is 0 Å². The van der Waals surface area contributed by atoms with Gasteiger partial charge in [0.15, 0.2) is 0 Å². The SMILES string of the molecule is C1CCCCC2CCCCC2C2CCCC(C2)C2CC3CCCC(C4CCC(CCC1)CC4)C3C2. The van der Waals surface area contributed by atoms with Crippen molar-refractivity contribution < 1.29 is 0 Å². The molecule has 0 aromatic heterocycles. The van der Waals surface area contributed by atoms with Crippen LogP contribution in [-0.2, 0) is 0 Å². The molecule has 0 aromatic rings. The summed E-state index contributed by atoms with van der Waals surface area (Å²) in [7, 11) is 0. The molecule has 7 aliphatic rings. The molecule has 0 radical (unpaired) electrons. The monoisotopic (exact) mass is 480 g/mol. The first-order valence-electron chi connectivity index (χ1n) is 17.3. The van der Waals surface area contributed by atoms with Gasteiger partial charge in [-0.05, 0) is 104 Å². The zero-order chi connectivity index (χ0) is 23.5. The van der Waals surface area contributed by atoms with E-state index in [1.165, 1.54) is 25.7 Å². The highest BCUT2D eigenvalue weighted by Gasteiger charge is 2.47. The lowest BCUT2D eigenvalue weighted by molar-refractivity contribution is 0.0768. The molecular formula is C35H60. The molecule has 0 heterocycles. The number of fused-ring (bicyclic) bond motifs is 9. The molecule has 7 aliphatic carbocycles. The molecule has 0 saturated heterocycles. The molecule has 0 aliphatic heterocycles. The van der Waals surface area contributed by atoms with E-state index in [1.54, 1.807) is 135 Å². The van der Waals surface area contributed by atoms with E-state index in [-0.39, 0.29) is 0 Å². The summed E-state index contributed by atoms with van der Waals surface area (Å²) < 4.78 is 0. The van der Waals surface area contributed by atoms with E-state index in [0.29, 0.717) is 0 Å². The highest BCUT2D eigenvalue weighted by atomic mass is 14.5. The Morgan fingerprint density at radius 1 is 0.229 bits per heavy atom. The predicted molar refractivity (Wildman–Crippen MR) is 150 cm³/mol. The highest BCUT2D eigenvalue weighted by Crippen LogP contribution is 2.57. The van der Waals surface area contributed by atoms with E-state index in [0.717, 1.165) is 59.2 Å². The average molecular weight is 481 g/mol. The zero-order valence-corrected chi connectivity index (χ0v) is 23.5. The summed E-state index contributed by atoms with van der Waals surface area (Å²) in [6, 6.07) is 0. The van der Waals surface area contributed by atoms with Crippen LogP contribution < -0.4 is 0 Å². The first-order valence-corrected chi connectivity index (χ1v) is 17.3. The van der Waals surface area contributed by atoms with Crippen molar-refractivity contribution >= 4 is 0 Å². The topological polar surface area (TPSA) is 0 Å². The Labute approximate surface area is 219 Å². The van der Waals surface area contributed by atoms with E-state index < -0.39 is 0 Å². The summed E-state index contributed by atoms with van der Waals surface area (Å²) in [5.41, 5.74) is 0. The van der Waals surface area contributed by atoms with Crippen molar-refractivity contribution in [2.75, 3.05) is 0 Å². The Morgan fingerprint density at radius 2 is 0.743 bits per heavy atom. The van der Waals surface area contributed by atoms with Crippen LogP contribution in [0.5, 0.6) is 0 Å². The van der Waals surface area contributed by atoms with Crippen molar-refractivity contribution in [3.05, 3.63) is 0 Å². The average Bonchev–Trinajstić information content (AvgIpc) is 3.35. The third-order valence-corrected chi connectivity index (χ3v) is 13.4. The molecule has 0 heteroatoms. The van der Waals surface area contributed by atoms with E-state index in [4.69, 9.17) is 0 Å². The van der Waals surface area contributed by atoms with Crippen LogP contribution in [-0.4, -0.2) is 0 Å². The van der Waals surface area contributed by atoms with Crippen LogP contribution in [0, 0.1) is 59.2 Å². The molecule has 8 atom stereocenters. The molecule has 200 valence electrons. The third-order valence-electron chi connectivity index (χ3n) is 13.4. The molecule has 0 N–H and O–H groups in total. The second-order valence-electron chi connectivity index (χ2n) is 15.1. The third kappa shape index (κ3) is 6.03. The lowest BCUT2D eigenvalue weighted by atomic mass is 9.63. The van der Waals surface area contributed by atoms with Crippen LogP contribution in [0.2, 0.25) is 0 Å². The van der Waals surface area contributed by atoms with Gasteiger partial charge in [0.25, 0.3) is 0 Å². The van der Waals surface area contributed by atoms with Gasteiger partial charge >= 0.3 is 0 Å². The lowest BCUT2D eigenvalue weighted by Gasteiger charge is -2.43. The summed E-state index contributed by atoms with van der Waals surface area (Å²) in [4.78, 5) is 0. The fourth-order valence-electron chi connectivity index (χ4n) is 11.6. The molecule has 6 bridgehead atoms. The van der Waals surface area contributed by atoms with Gasteiger partial charge in [-0.3, -0.25) is 0 Å². The van der Waals surface area contributed by atoms with Crippen LogP contribution in [0.15, 0.2) is 0 Å². The molecule has 0 spiro atoms. The smallest absolute Gasteiger partial charge is 0.0352 e. The van der Waals surface area contributed by atoms with Gasteiger partial charge in [0.05, 0.1) is 0 Å². The van der Waals surface area contributed by atoms with Crippen LogP contribution in [0.25, 0.3) is 0 Å². The predicted octanol–water partition coefficient (Wildman–Crippen LogP) is 11.0. The van der Waals surface area contributed by atoms with Gasteiger partial charge in [0, 0.05) is 0 Å². The molecule has 35 heavy (non-hydrogen) atoms. The summed E-state index contributed by atoms with van der Waals surface area (Å²) in [6.07, 6.45) is 39.6. The van der Waals surface area contributed by atoms with Gasteiger partial charge in [-0.25, -0.2) is 0 Å². The summed E-state index contributed by atoms with van der Waals surface area (Å²) in [5.74, 6) is 11.2. The summed E-state index contributed by atoms with van der Waals surface area (Å²) >= 11 is 0. The zero-order valence-electron chi connectivity index (χ0n) is 23.5. The van der Waals surface area contributed by atoms with Crippen LogP contribution in [0.3, 0.4) is 0 Å². The van der Waals surface area contributed by atoms with E-state index in [2.05, 4.69) is 0 Å². The standard InChI is InChI=1S/C35H60/c1-2-4-6-12-27-13-7-8-17-33(27)30-15-9-14-29(23-30)32-24-31-16-10-18-34(35(31)25-32)28-21-19-26(20-22-28)11-5-3-1/h26-35H,1-25H2. The minimum atomic E-state index is 1.10. The first kappa shape index (κ1) is 25.3. The van der Waals surface area contributed by atoms with Crippen molar-refractivity contribution in [1.29, 1.82) is 0 Å². The maximum absolute atomic E-state index is 1.67. The van der Waals surface area contributed by atoms with E-state index in [1.807, 2.05) is 0 Å². The van der Waals surface area contributed by atoms with Crippen molar-refractivity contribution in [3.8, 4) is 0 Å². The summed E-state index contributed by atoms with van der Waals surface area (Å²) in [5, 5.41) is 0. The van der Waals surface area contributed by atoms with Crippen molar-refractivity contribution in [1.82, 2.24) is 0 Å². The molecule has 7 fully saturated rings. The molecule has 0 aromatic carbocycles. The normalized spacial score (nSPS) is 48.0. The Balaban J connectivity index is 1.15. The molecule has 7 saturated carbocycles. The van der Waals surface area contributed by atoms with Gasteiger partial charge in [0.2, 0.25) is 0 Å². The molecule has 0 amide bonds. The minimum absolute atomic E-state index is 1.10. The van der Waals surface area contributed by atoms with Gasteiger partial charge in [-0.2, -0.15) is 0 Å². The highest BCUT2D eigenvalue weighted by molar-refractivity contribution is 4.97. The molecular weight excluding hydrogens is 420 g/mol. The maximum Gasteiger partial charge on any atom is -0.0352 e. The van der Waals surface area contributed by atoms with Gasteiger partial charge < -0.3 is 0 Å². The van der Waals surface area contributed by atoms with Gasteiger partial charge in [-0.15, -0.1) is 0 Å². The molecule has 8 unspecified atom stereocenters. The Morgan fingerprint density at radius 3 is 1.57 bits per heavy atom. The lowest BCUT2D eigenvalue weighted by Crippen LogP contribution is -2.33. The van der Waals surface area contributed by atoms with Gasteiger partial charge in [-0.1, -0.05) is 116 Å². The second-order valence-corrected chi connectivity index (χ2v) is 15.1. The van der Waals surface area contributed by atoms with Crippen molar-refractivity contribution in [2.24, 2.45) is 59.2 Å². The first-order chi connectivity index (χ1) is 17.3. The van der Waals surface area contributed by atoms with Crippen LogP contribution in [0.1, 0.15) is 161 Å². The maximum atomic E-state index is 1.67. The number of hydrogen-bond donors (Lipinski definition) is 0. The second kappa shape index (κ2) is 12.2. The fourth-order valence-corrected chi connectivity index (χ4v) is 11.6. The van der Waals surface area contributed by atoms with Crippen molar-refractivity contribution in [2.45, 2.75) is 161 Å². The number of hydrogen-bond acceptors (Lipinski definition) is 0. The summed E-state index contributed by atoms with van der Waals surface area (Å²) in [6.45, 7) is 0. The molecule has 7 rings (SSSR count). The quantitative estimate of drug-likeness (QED) is 0.323.